The van der Waals surface area contributed by atoms with E-state index in [0.29, 0.717) is 12.6 Å². The second kappa shape index (κ2) is 7.09. The summed E-state index contributed by atoms with van der Waals surface area (Å²) in [6.07, 6.45) is 3.71. The largest absolute Gasteiger partial charge is 0.487 e. The van der Waals surface area contributed by atoms with Crippen molar-refractivity contribution < 1.29 is 4.74 Å². The monoisotopic (exact) mass is 351 g/mol. The molecule has 0 aliphatic heterocycles. The Hall–Kier alpha value is -1.33. The van der Waals surface area contributed by atoms with E-state index in [1.165, 1.54) is 0 Å². The summed E-state index contributed by atoms with van der Waals surface area (Å²) in [7, 11) is 1.95. The Balaban J connectivity index is 2.18. The smallest absolute Gasteiger partial charge is 0.130 e. The Morgan fingerprint density at radius 2 is 2.10 bits per heavy atom. The quantitative estimate of drug-likeness (QED) is 0.851. The van der Waals surface area contributed by atoms with Crippen LogP contribution in [0.3, 0.4) is 0 Å². The molecule has 0 amide bonds. The molecule has 1 heterocycles. The molecule has 0 radical (unpaired) electrons. The highest BCUT2D eigenvalue weighted by Crippen LogP contribution is 2.29. The van der Waals surface area contributed by atoms with E-state index in [-0.39, 0.29) is 6.04 Å². The van der Waals surface area contributed by atoms with Crippen LogP contribution in [0, 0.1) is 0 Å². The van der Waals surface area contributed by atoms with Crippen LogP contribution < -0.4 is 10.1 Å². The molecular weight excluding hydrogens is 330 g/mol. The molecule has 114 valence electrons. The van der Waals surface area contributed by atoms with Crippen LogP contribution in [0.4, 0.5) is 0 Å². The fourth-order valence-electron chi connectivity index (χ4n) is 2.21. The molecule has 4 nitrogen and oxygen atoms in total. The van der Waals surface area contributed by atoms with Crippen molar-refractivity contribution in [3.05, 3.63) is 46.5 Å². The van der Waals surface area contributed by atoms with Gasteiger partial charge in [-0.15, -0.1) is 0 Å². The SMILES string of the molecule is CNC(C)c1cc(Br)ccc1OCc1cncn1C(C)C. The van der Waals surface area contributed by atoms with E-state index in [1.54, 1.807) is 0 Å². The highest BCUT2D eigenvalue weighted by molar-refractivity contribution is 9.10. The van der Waals surface area contributed by atoms with Crippen molar-refractivity contribution in [1.29, 1.82) is 0 Å². The third kappa shape index (κ3) is 3.86. The number of rotatable bonds is 6. The first-order valence-corrected chi connectivity index (χ1v) is 7.92. The Morgan fingerprint density at radius 1 is 1.33 bits per heavy atom. The van der Waals surface area contributed by atoms with Gasteiger partial charge in [-0.2, -0.15) is 0 Å². The number of nitrogens with one attached hydrogen (secondary N) is 1. The maximum atomic E-state index is 6.03. The van der Waals surface area contributed by atoms with Crippen molar-refractivity contribution in [2.24, 2.45) is 0 Å². The summed E-state index contributed by atoms with van der Waals surface area (Å²) in [4.78, 5) is 4.21. The van der Waals surface area contributed by atoms with Crippen molar-refractivity contribution in [2.75, 3.05) is 7.05 Å². The van der Waals surface area contributed by atoms with Gasteiger partial charge in [0.15, 0.2) is 0 Å². The molecule has 2 rings (SSSR count). The Kier molecular flexibility index (Phi) is 5.42. The van der Waals surface area contributed by atoms with E-state index in [0.717, 1.165) is 21.5 Å². The van der Waals surface area contributed by atoms with Crippen LogP contribution >= 0.6 is 15.9 Å². The molecule has 1 aromatic carbocycles. The van der Waals surface area contributed by atoms with Crippen LogP contribution in [0.15, 0.2) is 35.2 Å². The summed E-state index contributed by atoms with van der Waals surface area (Å²) in [5, 5.41) is 3.25. The van der Waals surface area contributed by atoms with Gasteiger partial charge in [-0.1, -0.05) is 15.9 Å². The molecule has 0 fully saturated rings. The first-order chi connectivity index (χ1) is 10.0. The van der Waals surface area contributed by atoms with Crippen LogP contribution in [0.1, 0.15) is 44.1 Å². The normalized spacial score (nSPS) is 12.7. The zero-order valence-electron chi connectivity index (χ0n) is 12.9. The Morgan fingerprint density at radius 3 is 2.76 bits per heavy atom. The van der Waals surface area contributed by atoms with Gasteiger partial charge < -0.3 is 14.6 Å². The van der Waals surface area contributed by atoms with Gasteiger partial charge in [0.2, 0.25) is 0 Å². The van der Waals surface area contributed by atoms with Gasteiger partial charge in [-0.05, 0) is 46.0 Å². The predicted octanol–water partition coefficient (Wildman–Crippen LogP) is 4.09. The molecule has 0 saturated carbocycles. The topological polar surface area (TPSA) is 39.1 Å². The van der Waals surface area contributed by atoms with Crippen LogP contribution in [0.25, 0.3) is 0 Å². The molecule has 21 heavy (non-hydrogen) atoms. The fraction of sp³-hybridized carbons (Fsp3) is 0.438. The Bertz CT molecular complexity index is 595. The van der Waals surface area contributed by atoms with Crippen LogP contribution in [-0.4, -0.2) is 16.6 Å². The second-order valence-corrected chi connectivity index (χ2v) is 6.28. The van der Waals surface area contributed by atoms with Gasteiger partial charge in [0.05, 0.1) is 18.2 Å². The second-order valence-electron chi connectivity index (χ2n) is 5.37. The number of benzene rings is 1. The molecule has 0 aliphatic rings. The molecule has 0 aliphatic carbocycles. The molecule has 1 N–H and O–H groups in total. The van der Waals surface area contributed by atoms with E-state index in [1.807, 2.05) is 31.7 Å². The van der Waals surface area contributed by atoms with Crippen molar-refractivity contribution >= 4 is 15.9 Å². The third-order valence-electron chi connectivity index (χ3n) is 3.55. The van der Waals surface area contributed by atoms with E-state index in [9.17, 15) is 0 Å². The van der Waals surface area contributed by atoms with Gasteiger partial charge in [0, 0.05) is 22.1 Å². The van der Waals surface area contributed by atoms with Crippen molar-refractivity contribution in [3.8, 4) is 5.75 Å². The van der Waals surface area contributed by atoms with Gasteiger partial charge in [-0.25, -0.2) is 4.98 Å². The molecule has 1 aromatic heterocycles. The number of aromatic nitrogens is 2. The summed E-state index contributed by atoms with van der Waals surface area (Å²) in [5.41, 5.74) is 2.22. The molecule has 0 saturated heterocycles. The highest BCUT2D eigenvalue weighted by Gasteiger charge is 2.12. The average molecular weight is 352 g/mol. The minimum absolute atomic E-state index is 0.229. The number of nitrogens with zero attached hydrogens (tertiary/aromatic N) is 2. The first-order valence-electron chi connectivity index (χ1n) is 7.13. The standard InChI is InChI=1S/C16H22BrN3O/c1-11(2)20-10-19-8-14(20)9-21-16-6-5-13(17)7-15(16)12(3)18-4/h5-8,10-12,18H,9H2,1-4H3. The molecular formula is C16H22BrN3O. The van der Waals surface area contributed by atoms with Crippen molar-refractivity contribution in [2.45, 2.75) is 39.5 Å². The van der Waals surface area contributed by atoms with Crippen LogP contribution in [0.5, 0.6) is 5.75 Å². The zero-order valence-corrected chi connectivity index (χ0v) is 14.5. The van der Waals surface area contributed by atoms with E-state index < -0.39 is 0 Å². The van der Waals surface area contributed by atoms with Crippen LogP contribution in [-0.2, 0) is 6.61 Å². The predicted molar refractivity (Wildman–Crippen MR) is 88.6 cm³/mol. The molecule has 5 heteroatoms. The summed E-state index contributed by atoms with van der Waals surface area (Å²) in [5.74, 6) is 0.900. The number of halogens is 1. The number of hydrogen-bond donors (Lipinski definition) is 1. The van der Waals surface area contributed by atoms with Gasteiger partial charge in [0.25, 0.3) is 0 Å². The number of ether oxygens (including phenoxy) is 1. The van der Waals surface area contributed by atoms with Crippen molar-refractivity contribution in [1.82, 2.24) is 14.9 Å². The fourth-order valence-corrected chi connectivity index (χ4v) is 2.58. The lowest BCUT2D eigenvalue weighted by atomic mass is 10.1. The van der Waals surface area contributed by atoms with E-state index in [4.69, 9.17) is 4.74 Å². The Labute approximate surface area is 134 Å². The maximum Gasteiger partial charge on any atom is 0.130 e. The number of hydrogen-bond acceptors (Lipinski definition) is 3. The minimum Gasteiger partial charge on any atom is -0.487 e. The van der Waals surface area contributed by atoms with Gasteiger partial charge in [0.1, 0.15) is 12.4 Å². The first kappa shape index (κ1) is 16.0. The number of imidazole rings is 1. The summed E-state index contributed by atoms with van der Waals surface area (Å²) >= 11 is 3.52. The highest BCUT2D eigenvalue weighted by atomic mass is 79.9. The lowest BCUT2D eigenvalue weighted by Gasteiger charge is -2.18. The lowest BCUT2D eigenvalue weighted by molar-refractivity contribution is 0.287. The van der Waals surface area contributed by atoms with E-state index >= 15 is 0 Å². The molecule has 1 unspecified atom stereocenters. The summed E-state index contributed by atoms with van der Waals surface area (Å²) in [6.45, 7) is 6.91. The molecule has 1 atom stereocenters. The molecule has 2 aromatic rings. The maximum absolute atomic E-state index is 6.03. The lowest BCUT2D eigenvalue weighted by Crippen LogP contribution is -2.14. The zero-order chi connectivity index (χ0) is 15.4. The molecule has 0 bridgehead atoms. The summed E-state index contributed by atoms with van der Waals surface area (Å²) < 4.78 is 9.21. The minimum atomic E-state index is 0.229. The summed E-state index contributed by atoms with van der Waals surface area (Å²) in [6, 6.07) is 6.71. The van der Waals surface area contributed by atoms with E-state index in [2.05, 4.69) is 57.6 Å². The average Bonchev–Trinajstić information content (AvgIpc) is 2.93. The van der Waals surface area contributed by atoms with Crippen LogP contribution in [0.2, 0.25) is 0 Å². The molecule has 0 spiro atoms. The van der Waals surface area contributed by atoms with Gasteiger partial charge in [-0.3, -0.25) is 0 Å². The third-order valence-corrected chi connectivity index (χ3v) is 4.04. The van der Waals surface area contributed by atoms with Gasteiger partial charge >= 0.3 is 0 Å². The van der Waals surface area contributed by atoms with Crippen molar-refractivity contribution in [3.63, 3.8) is 0 Å².